The van der Waals surface area contributed by atoms with E-state index in [0.29, 0.717) is 6.61 Å². The zero-order valence-corrected chi connectivity index (χ0v) is 14.1. The van der Waals surface area contributed by atoms with Gasteiger partial charge in [-0.15, -0.1) is 0 Å². The smallest absolute Gasteiger partial charge is 0.120 e. The molecule has 0 saturated carbocycles. The van der Waals surface area contributed by atoms with Crippen LogP contribution < -0.4 is 10.1 Å². The van der Waals surface area contributed by atoms with Crippen LogP contribution in [0.25, 0.3) is 10.9 Å². The van der Waals surface area contributed by atoms with Crippen molar-refractivity contribution in [2.24, 2.45) is 0 Å². The van der Waals surface area contributed by atoms with E-state index in [1.807, 2.05) is 26.0 Å². The molecule has 1 heterocycles. The molecule has 0 aliphatic rings. The summed E-state index contributed by atoms with van der Waals surface area (Å²) < 4.78 is 5.64. The molecule has 0 unspecified atom stereocenters. The summed E-state index contributed by atoms with van der Waals surface area (Å²) in [5.41, 5.74) is 6.61. The van der Waals surface area contributed by atoms with Crippen molar-refractivity contribution in [1.82, 2.24) is 4.98 Å². The molecule has 0 aliphatic carbocycles. The van der Waals surface area contributed by atoms with Gasteiger partial charge in [-0.05, 0) is 69.2 Å². The van der Waals surface area contributed by atoms with E-state index < -0.39 is 0 Å². The number of benzene rings is 2. The molecule has 0 spiro atoms. The van der Waals surface area contributed by atoms with E-state index in [0.717, 1.165) is 33.7 Å². The normalized spacial score (nSPS) is 10.8. The number of rotatable bonds is 4. The first-order chi connectivity index (χ1) is 11.1. The Morgan fingerprint density at radius 3 is 2.57 bits per heavy atom. The van der Waals surface area contributed by atoms with E-state index in [9.17, 15) is 0 Å². The van der Waals surface area contributed by atoms with E-state index in [4.69, 9.17) is 4.74 Å². The van der Waals surface area contributed by atoms with Gasteiger partial charge >= 0.3 is 0 Å². The lowest BCUT2D eigenvalue weighted by molar-refractivity contribution is 0.340. The minimum absolute atomic E-state index is 0.657. The number of pyridine rings is 1. The molecule has 1 aromatic heterocycles. The van der Waals surface area contributed by atoms with Gasteiger partial charge in [0.2, 0.25) is 0 Å². The van der Waals surface area contributed by atoms with Crippen LogP contribution in [-0.4, -0.2) is 11.6 Å². The molecule has 3 nitrogen and oxygen atoms in total. The Balaban J connectivity index is 2.11. The predicted molar refractivity (Wildman–Crippen MR) is 96.8 cm³/mol. The highest BCUT2D eigenvalue weighted by Crippen LogP contribution is 2.31. The molecule has 0 atom stereocenters. The Morgan fingerprint density at radius 2 is 1.78 bits per heavy atom. The van der Waals surface area contributed by atoms with Gasteiger partial charge in [-0.25, -0.2) is 0 Å². The number of nitrogens with zero attached hydrogens (tertiary/aromatic N) is 1. The Kier molecular flexibility index (Phi) is 4.20. The summed E-state index contributed by atoms with van der Waals surface area (Å²) in [6.45, 7) is 8.89. The van der Waals surface area contributed by atoms with Crippen molar-refractivity contribution in [3.63, 3.8) is 0 Å². The minimum atomic E-state index is 0.657. The van der Waals surface area contributed by atoms with Gasteiger partial charge in [0.25, 0.3) is 0 Å². The average molecular weight is 306 g/mol. The van der Waals surface area contributed by atoms with Gasteiger partial charge in [0, 0.05) is 22.5 Å². The molecule has 3 heteroatoms. The quantitative estimate of drug-likeness (QED) is 0.710. The van der Waals surface area contributed by atoms with E-state index in [1.165, 1.54) is 11.1 Å². The largest absolute Gasteiger partial charge is 0.494 e. The molecule has 118 valence electrons. The second kappa shape index (κ2) is 6.29. The molecule has 0 fully saturated rings. The molecule has 0 bridgehead atoms. The van der Waals surface area contributed by atoms with Gasteiger partial charge in [-0.2, -0.15) is 0 Å². The van der Waals surface area contributed by atoms with Crippen molar-refractivity contribution in [3.05, 3.63) is 59.3 Å². The first-order valence-corrected chi connectivity index (χ1v) is 7.95. The highest BCUT2D eigenvalue weighted by atomic mass is 16.5. The number of hydrogen-bond donors (Lipinski definition) is 1. The predicted octanol–water partition coefficient (Wildman–Crippen LogP) is 5.30. The maximum atomic E-state index is 5.64. The fourth-order valence-electron chi connectivity index (χ4n) is 2.71. The molecule has 0 amide bonds. The summed E-state index contributed by atoms with van der Waals surface area (Å²) in [6.07, 6.45) is 0. The number of anilines is 2. The van der Waals surface area contributed by atoms with E-state index in [1.54, 1.807) is 0 Å². The van der Waals surface area contributed by atoms with Gasteiger partial charge < -0.3 is 10.1 Å². The molecule has 2 aromatic carbocycles. The van der Waals surface area contributed by atoms with Crippen molar-refractivity contribution in [3.8, 4) is 5.75 Å². The monoisotopic (exact) mass is 306 g/mol. The molecule has 0 saturated heterocycles. The maximum Gasteiger partial charge on any atom is 0.120 e. The molecular formula is C20H22N2O. The molecule has 23 heavy (non-hydrogen) atoms. The number of fused-ring (bicyclic) bond motifs is 1. The van der Waals surface area contributed by atoms with Crippen LogP contribution in [-0.2, 0) is 0 Å². The van der Waals surface area contributed by atoms with Gasteiger partial charge in [-0.3, -0.25) is 4.98 Å². The second-order valence-electron chi connectivity index (χ2n) is 5.87. The lowest BCUT2D eigenvalue weighted by Crippen LogP contribution is -1.98. The van der Waals surface area contributed by atoms with E-state index >= 15 is 0 Å². The Bertz CT molecular complexity index is 856. The lowest BCUT2D eigenvalue weighted by Gasteiger charge is -2.14. The molecular weight excluding hydrogens is 284 g/mol. The lowest BCUT2D eigenvalue weighted by atomic mass is 10.1. The number of hydrogen-bond acceptors (Lipinski definition) is 3. The molecule has 0 aliphatic heterocycles. The highest BCUT2D eigenvalue weighted by Gasteiger charge is 2.08. The fraction of sp³-hybridized carbons (Fsp3) is 0.250. The standard InChI is InChI=1S/C20H22N2O/c1-5-23-16-8-9-18-17(12-16)20(11-15(4)21-18)22-19-10-13(2)6-7-14(19)3/h6-12H,5H2,1-4H3,(H,21,22). The molecule has 1 N–H and O–H groups in total. The highest BCUT2D eigenvalue weighted by molar-refractivity contribution is 5.94. The van der Waals surface area contributed by atoms with E-state index in [-0.39, 0.29) is 0 Å². The SMILES string of the molecule is CCOc1ccc2nc(C)cc(Nc3cc(C)ccc3C)c2c1. The topological polar surface area (TPSA) is 34.1 Å². The molecule has 3 rings (SSSR count). The molecule has 0 radical (unpaired) electrons. The van der Waals surface area contributed by atoms with Crippen molar-refractivity contribution in [2.45, 2.75) is 27.7 Å². The number of aryl methyl sites for hydroxylation is 3. The first-order valence-electron chi connectivity index (χ1n) is 7.95. The van der Waals surface area contributed by atoms with Crippen molar-refractivity contribution < 1.29 is 4.74 Å². The minimum Gasteiger partial charge on any atom is -0.494 e. The van der Waals surface area contributed by atoms with Gasteiger partial charge in [0.05, 0.1) is 12.1 Å². The third-order valence-corrected chi connectivity index (χ3v) is 3.88. The summed E-state index contributed by atoms with van der Waals surface area (Å²) in [4.78, 5) is 4.62. The van der Waals surface area contributed by atoms with Crippen molar-refractivity contribution >= 4 is 22.3 Å². The number of ether oxygens (including phenoxy) is 1. The summed E-state index contributed by atoms with van der Waals surface area (Å²) in [5, 5.41) is 4.64. The zero-order valence-electron chi connectivity index (χ0n) is 14.1. The first kappa shape index (κ1) is 15.3. The number of nitrogens with one attached hydrogen (secondary N) is 1. The summed E-state index contributed by atoms with van der Waals surface area (Å²) in [7, 11) is 0. The maximum absolute atomic E-state index is 5.64. The Hall–Kier alpha value is -2.55. The third kappa shape index (κ3) is 3.29. The van der Waals surface area contributed by atoms with Crippen LogP contribution in [0.4, 0.5) is 11.4 Å². The third-order valence-electron chi connectivity index (χ3n) is 3.88. The zero-order chi connectivity index (χ0) is 16.4. The Labute approximate surface area is 137 Å². The van der Waals surface area contributed by atoms with Crippen LogP contribution in [0.5, 0.6) is 5.75 Å². The van der Waals surface area contributed by atoms with Crippen LogP contribution in [0.1, 0.15) is 23.7 Å². The van der Waals surface area contributed by atoms with Crippen LogP contribution >= 0.6 is 0 Å². The van der Waals surface area contributed by atoms with Crippen molar-refractivity contribution in [2.75, 3.05) is 11.9 Å². The van der Waals surface area contributed by atoms with E-state index in [2.05, 4.69) is 54.5 Å². The van der Waals surface area contributed by atoms with Crippen LogP contribution in [0.3, 0.4) is 0 Å². The second-order valence-corrected chi connectivity index (χ2v) is 5.87. The number of aromatic nitrogens is 1. The van der Waals surface area contributed by atoms with Gasteiger partial charge in [0.15, 0.2) is 0 Å². The summed E-state index contributed by atoms with van der Waals surface area (Å²) in [6, 6.07) is 14.6. The van der Waals surface area contributed by atoms with Gasteiger partial charge in [-0.1, -0.05) is 12.1 Å². The van der Waals surface area contributed by atoms with Crippen molar-refractivity contribution in [1.29, 1.82) is 0 Å². The average Bonchev–Trinajstić information content (AvgIpc) is 2.51. The molecule has 3 aromatic rings. The van der Waals surface area contributed by atoms with Crippen LogP contribution in [0.15, 0.2) is 42.5 Å². The fourth-order valence-corrected chi connectivity index (χ4v) is 2.71. The van der Waals surface area contributed by atoms with Gasteiger partial charge in [0.1, 0.15) is 5.75 Å². The van der Waals surface area contributed by atoms with Crippen LogP contribution in [0, 0.1) is 20.8 Å². The summed E-state index contributed by atoms with van der Waals surface area (Å²) >= 11 is 0. The summed E-state index contributed by atoms with van der Waals surface area (Å²) in [5.74, 6) is 0.870. The van der Waals surface area contributed by atoms with Crippen LogP contribution in [0.2, 0.25) is 0 Å². The Morgan fingerprint density at radius 1 is 0.957 bits per heavy atom.